The molecule has 0 fully saturated rings. The molecule has 138 valence electrons. The van der Waals surface area contributed by atoms with Crippen molar-refractivity contribution in [3.63, 3.8) is 0 Å². The van der Waals surface area contributed by atoms with Crippen LogP contribution < -0.4 is 10.6 Å². The molecule has 0 radical (unpaired) electrons. The number of aromatic nitrogens is 1. The number of oxazole rings is 1. The van der Waals surface area contributed by atoms with Gasteiger partial charge in [0.25, 0.3) is 0 Å². The highest BCUT2D eigenvalue weighted by Crippen LogP contribution is 2.08. The van der Waals surface area contributed by atoms with Crippen LogP contribution in [0.5, 0.6) is 0 Å². The summed E-state index contributed by atoms with van der Waals surface area (Å²) in [4.78, 5) is 9.06. The van der Waals surface area contributed by atoms with Gasteiger partial charge < -0.3 is 15.1 Å². The van der Waals surface area contributed by atoms with Gasteiger partial charge >= 0.3 is 0 Å². The maximum atomic E-state index is 5.61. The molecule has 0 saturated heterocycles. The van der Waals surface area contributed by atoms with E-state index < -0.39 is 0 Å². The van der Waals surface area contributed by atoms with Gasteiger partial charge in [0.1, 0.15) is 5.76 Å². The van der Waals surface area contributed by atoms with E-state index in [1.165, 1.54) is 11.1 Å². The number of aliphatic imine (C=N–C) groups is 1. The highest BCUT2D eigenvalue weighted by atomic mass is 127. The maximum Gasteiger partial charge on any atom is 0.214 e. The minimum absolute atomic E-state index is 0. The van der Waals surface area contributed by atoms with Crippen molar-refractivity contribution >= 4 is 29.9 Å². The average Bonchev–Trinajstić information content (AvgIpc) is 2.89. The third-order valence-electron chi connectivity index (χ3n) is 3.84. The van der Waals surface area contributed by atoms with Crippen LogP contribution in [-0.4, -0.2) is 17.5 Å². The Morgan fingerprint density at radius 1 is 1.12 bits per heavy atom. The number of unbranched alkanes of at least 4 members (excludes halogenated alkanes) is 1. The molecule has 1 aromatic heterocycles. The van der Waals surface area contributed by atoms with Crippen molar-refractivity contribution in [1.29, 1.82) is 0 Å². The Hall–Kier alpha value is -1.57. The van der Waals surface area contributed by atoms with Crippen LogP contribution in [0.1, 0.15) is 48.2 Å². The third-order valence-corrected chi connectivity index (χ3v) is 3.84. The summed E-state index contributed by atoms with van der Waals surface area (Å²) in [6, 6.07) is 8.45. The van der Waals surface area contributed by atoms with Gasteiger partial charge in [0.2, 0.25) is 5.89 Å². The largest absolute Gasteiger partial charge is 0.444 e. The molecule has 1 heterocycles. The molecule has 0 spiro atoms. The Kier molecular flexibility index (Phi) is 9.55. The quantitative estimate of drug-likeness (QED) is 0.283. The summed E-state index contributed by atoms with van der Waals surface area (Å²) in [6.45, 7) is 10.2. The van der Waals surface area contributed by atoms with Gasteiger partial charge in [0, 0.05) is 6.54 Å². The number of nitrogens with zero attached hydrogens (tertiary/aromatic N) is 2. The zero-order chi connectivity index (χ0) is 17.4. The first kappa shape index (κ1) is 21.5. The summed E-state index contributed by atoms with van der Waals surface area (Å²) >= 11 is 0. The normalized spacial score (nSPS) is 11.1. The van der Waals surface area contributed by atoms with E-state index in [4.69, 9.17) is 4.42 Å². The van der Waals surface area contributed by atoms with Gasteiger partial charge in [-0.05, 0) is 32.8 Å². The second-order valence-corrected chi connectivity index (χ2v) is 6.03. The molecule has 0 saturated carbocycles. The molecule has 1 aromatic carbocycles. The van der Waals surface area contributed by atoms with Gasteiger partial charge in [-0.3, -0.25) is 0 Å². The number of hydrogen-bond donors (Lipinski definition) is 2. The molecule has 0 aliphatic rings. The molecule has 2 aromatic rings. The number of halogens is 1. The molecule has 2 N–H and O–H groups in total. The van der Waals surface area contributed by atoms with Gasteiger partial charge in [-0.15, -0.1) is 24.0 Å². The van der Waals surface area contributed by atoms with E-state index in [0.717, 1.165) is 36.8 Å². The first-order valence-corrected chi connectivity index (χ1v) is 8.59. The van der Waals surface area contributed by atoms with Crippen molar-refractivity contribution < 1.29 is 4.42 Å². The molecule has 0 amide bonds. The molecule has 0 aliphatic heterocycles. The molecule has 5 nitrogen and oxygen atoms in total. The Morgan fingerprint density at radius 3 is 2.44 bits per heavy atom. The molecule has 0 bridgehead atoms. The summed E-state index contributed by atoms with van der Waals surface area (Å²) in [5.74, 6) is 2.34. The van der Waals surface area contributed by atoms with Crippen LogP contribution in [0.3, 0.4) is 0 Å². The van der Waals surface area contributed by atoms with Gasteiger partial charge in [-0.25, -0.2) is 9.98 Å². The first-order valence-electron chi connectivity index (χ1n) is 8.59. The van der Waals surface area contributed by atoms with Crippen LogP contribution in [0.25, 0.3) is 0 Å². The molecule has 25 heavy (non-hydrogen) atoms. The summed E-state index contributed by atoms with van der Waals surface area (Å²) in [7, 11) is 0. The van der Waals surface area contributed by atoms with E-state index in [-0.39, 0.29) is 24.0 Å². The standard InChI is InChI=1S/C19H28N4O.HI/c1-5-6-11-20-19(21-12-17-9-7-14(2)8-10-17)22-13-18-23-15(3)16(4)24-18;/h7-10H,5-6,11-13H2,1-4H3,(H2,20,21,22);1H. The van der Waals surface area contributed by atoms with Crippen LogP contribution in [0, 0.1) is 20.8 Å². The lowest BCUT2D eigenvalue weighted by Gasteiger charge is -2.11. The maximum absolute atomic E-state index is 5.61. The zero-order valence-electron chi connectivity index (χ0n) is 15.6. The summed E-state index contributed by atoms with van der Waals surface area (Å²) in [5.41, 5.74) is 3.39. The van der Waals surface area contributed by atoms with Crippen LogP contribution >= 0.6 is 24.0 Å². The fourth-order valence-electron chi connectivity index (χ4n) is 2.20. The van der Waals surface area contributed by atoms with Gasteiger partial charge in [-0.2, -0.15) is 0 Å². The molecule has 0 aliphatic carbocycles. The fourth-order valence-corrected chi connectivity index (χ4v) is 2.20. The molecular formula is C19H29IN4O. The van der Waals surface area contributed by atoms with E-state index in [1.54, 1.807) is 0 Å². The third kappa shape index (κ3) is 7.46. The number of aryl methyl sites for hydroxylation is 3. The van der Waals surface area contributed by atoms with E-state index in [9.17, 15) is 0 Å². The number of nitrogens with one attached hydrogen (secondary N) is 2. The molecule has 0 unspecified atom stereocenters. The smallest absolute Gasteiger partial charge is 0.214 e. The van der Waals surface area contributed by atoms with Gasteiger partial charge in [-0.1, -0.05) is 43.2 Å². The number of benzene rings is 1. The minimum atomic E-state index is 0. The van der Waals surface area contributed by atoms with E-state index >= 15 is 0 Å². The van der Waals surface area contributed by atoms with Gasteiger partial charge in [0.15, 0.2) is 5.96 Å². The Balaban J connectivity index is 0.00000312. The van der Waals surface area contributed by atoms with Crippen molar-refractivity contribution in [1.82, 2.24) is 15.6 Å². The van der Waals surface area contributed by atoms with Crippen molar-refractivity contribution in [3.8, 4) is 0 Å². The van der Waals surface area contributed by atoms with Crippen LogP contribution in [0.4, 0.5) is 0 Å². The van der Waals surface area contributed by atoms with Gasteiger partial charge in [0.05, 0.1) is 18.8 Å². The molecule has 2 rings (SSSR count). The predicted octanol–water partition coefficient (Wildman–Crippen LogP) is 4.25. The zero-order valence-corrected chi connectivity index (χ0v) is 17.9. The number of hydrogen-bond acceptors (Lipinski definition) is 3. The van der Waals surface area contributed by atoms with Crippen LogP contribution in [-0.2, 0) is 13.1 Å². The SMILES string of the molecule is CCCCNC(=NCc1ccc(C)cc1)NCc1nc(C)c(C)o1.I. The molecule has 6 heteroatoms. The second-order valence-electron chi connectivity index (χ2n) is 6.03. The summed E-state index contributed by atoms with van der Waals surface area (Å²) < 4.78 is 5.61. The Bertz CT molecular complexity index is 645. The number of rotatable bonds is 7. The highest BCUT2D eigenvalue weighted by molar-refractivity contribution is 14.0. The van der Waals surface area contributed by atoms with E-state index in [0.29, 0.717) is 19.0 Å². The lowest BCUT2D eigenvalue weighted by atomic mass is 10.1. The Labute approximate surface area is 167 Å². The monoisotopic (exact) mass is 456 g/mol. The van der Waals surface area contributed by atoms with Crippen molar-refractivity contribution in [3.05, 3.63) is 52.7 Å². The lowest BCUT2D eigenvalue weighted by Crippen LogP contribution is -2.37. The highest BCUT2D eigenvalue weighted by Gasteiger charge is 2.06. The van der Waals surface area contributed by atoms with Crippen molar-refractivity contribution in [2.45, 2.75) is 53.6 Å². The predicted molar refractivity (Wildman–Crippen MR) is 113 cm³/mol. The fraction of sp³-hybridized carbons (Fsp3) is 0.474. The molecular weight excluding hydrogens is 427 g/mol. The van der Waals surface area contributed by atoms with Crippen molar-refractivity contribution in [2.75, 3.05) is 6.54 Å². The minimum Gasteiger partial charge on any atom is -0.444 e. The topological polar surface area (TPSA) is 62.5 Å². The van der Waals surface area contributed by atoms with E-state index in [2.05, 4.69) is 58.7 Å². The first-order chi connectivity index (χ1) is 11.6. The van der Waals surface area contributed by atoms with E-state index in [1.807, 2.05) is 13.8 Å². The lowest BCUT2D eigenvalue weighted by molar-refractivity contribution is 0.463. The average molecular weight is 456 g/mol. The summed E-state index contributed by atoms with van der Waals surface area (Å²) in [5, 5.41) is 6.66. The second kappa shape index (κ2) is 11.1. The Morgan fingerprint density at radius 2 is 1.84 bits per heavy atom. The van der Waals surface area contributed by atoms with Crippen molar-refractivity contribution in [2.24, 2.45) is 4.99 Å². The summed E-state index contributed by atoms with van der Waals surface area (Å²) in [6.07, 6.45) is 2.26. The number of guanidine groups is 1. The molecule has 0 atom stereocenters. The van der Waals surface area contributed by atoms with Crippen LogP contribution in [0.2, 0.25) is 0 Å². The van der Waals surface area contributed by atoms with Crippen LogP contribution in [0.15, 0.2) is 33.7 Å².